The van der Waals surface area contributed by atoms with Crippen molar-refractivity contribution in [2.45, 2.75) is 34.2 Å². The first-order valence-corrected chi connectivity index (χ1v) is 6.43. The van der Waals surface area contributed by atoms with Crippen molar-refractivity contribution >= 4 is 0 Å². The van der Waals surface area contributed by atoms with E-state index >= 15 is 0 Å². The van der Waals surface area contributed by atoms with Gasteiger partial charge in [-0.05, 0) is 62.6 Å². The van der Waals surface area contributed by atoms with Crippen molar-refractivity contribution in [3.8, 4) is 11.6 Å². The Kier molecular flexibility index (Phi) is 3.86. The molecule has 0 bridgehead atoms. The lowest BCUT2D eigenvalue weighted by Gasteiger charge is -2.13. The molecule has 2 N–H and O–H groups in total. The SMILES string of the molecule is Cc1cc(C)cc(Oc2nc(C)cc(C)c2CN)c1. The van der Waals surface area contributed by atoms with Crippen LogP contribution in [0, 0.1) is 27.7 Å². The normalized spacial score (nSPS) is 10.6. The van der Waals surface area contributed by atoms with Crippen LogP contribution in [0.2, 0.25) is 0 Å². The van der Waals surface area contributed by atoms with Crippen LogP contribution in [-0.4, -0.2) is 4.98 Å². The molecule has 0 fully saturated rings. The number of pyridine rings is 1. The second kappa shape index (κ2) is 5.41. The van der Waals surface area contributed by atoms with Gasteiger partial charge in [0.25, 0.3) is 0 Å². The van der Waals surface area contributed by atoms with Crippen LogP contribution in [0.5, 0.6) is 11.6 Å². The maximum atomic E-state index is 5.93. The van der Waals surface area contributed by atoms with E-state index in [2.05, 4.69) is 24.9 Å². The van der Waals surface area contributed by atoms with Gasteiger partial charge in [-0.3, -0.25) is 0 Å². The van der Waals surface area contributed by atoms with Gasteiger partial charge in [-0.25, -0.2) is 4.98 Å². The van der Waals surface area contributed by atoms with Crippen LogP contribution in [0.1, 0.15) is 27.9 Å². The molecule has 0 amide bonds. The van der Waals surface area contributed by atoms with Gasteiger partial charge in [-0.15, -0.1) is 0 Å². The predicted molar refractivity (Wildman–Crippen MR) is 77.6 cm³/mol. The Balaban J connectivity index is 2.42. The molecule has 100 valence electrons. The molecule has 0 atom stereocenters. The molecular formula is C16H20N2O. The summed E-state index contributed by atoms with van der Waals surface area (Å²) < 4.78 is 5.93. The summed E-state index contributed by atoms with van der Waals surface area (Å²) in [6.45, 7) is 8.53. The van der Waals surface area contributed by atoms with Gasteiger partial charge in [-0.1, -0.05) is 6.07 Å². The molecule has 0 saturated heterocycles. The van der Waals surface area contributed by atoms with Gasteiger partial charge in [0.2, 0.25) is 5.88 Å². The highest BCUT2D eigenvalue weighted by molar-refractivity contribution is 5.40. The Hall–Kier alpha value is -1.87. The second-order valence-electron chi connectivity index (χ2n) is 4.99. The van der Waals surface area contributed by atoms with Crippen LogP contribution in [0.15, 0.2) is 24.3 Å². The molecular weight excluding hydrogens is 236 g/mol. The average molecular weight is 256 g/mol. The summed E-state index contributed by atoms with van der Waals surface area (Å²) in [4.78, 5) is 4.46. The molecule has 0 saturated carbocycles. The van der Waals surface area contributed by atoms with Crippen LogP contribution in [-0.2, 0) is 6.54 Å². The number of aromatic nitrogens is 1. The highest BCUT2D eigenvalue weighted by atomic mass is 16.5. The Morgan fingerprint density at radius 2 is 1.63 bits per heavy atom. The lowest BCUT2D eigenvalue weighted by atomic mass is 10.1. The van der Waals surface area contributed by atoms with Crippen LogP contribution in [0.4, 0.5) is 0 Å². The van der Waals surface area contributed by atoms with Gasteiger partial charge in [0.1, 0.15) is 5.75 Å². The molecule has 2 aromatic rings. The number of hydrogen-bond acceptors (Lipinski definition) is 3. The van der Waals surface area contributed by atoms with Gasteiger partial charge in [0, 0.05) is 17.8 Å². The van der Waals surface area contributed by atoms with E-state index in [0.717, 1.165) is 22.6 Å². The van der Waals surface area contributed by atoms with Crippen LogP contribution in [0.25, 0.3) is 0 Å². The predicted octanol–water partition coefficient (Wildman–Crippen LogP) is 3.57. The van der Waals surface area contributed by atoms with Crippen molar-refractivity contribution in [3.63, 3.8) is 0 Å². The third-order valence-corrected chi connectivity index (χ3v) is 3.05. The minimum Gasteiger partial charge on any atom is -0.439 e. The van der Waals surface area contributed by atoms with E-state index in [-0.39, 0.29) is 0 Å². The number of benzene rings is 1. The summed E-state index contributed by atoms with van der Waals surface area (Å²) in [5.41, 5.74) is 11.2. The van der Waals surface area contributed by atoms with Gasteiger partial charge in [0.15, 0.2) is 0 Å². The van der Waals surface area contributed by atoms with Gasteiger partial charge in [-0.2, -0.15) is 0 Å². The summed E-state index contributed by atoms with van der Waals surface area (Å²) in [5.74, 6) is 1.43. The van der Waals surface area contributed by atoms with Crippen molar-refractivity contribution in [2.75, 3.05) is 0 Å². The Labute approximate surface area is 114 Å². The minimum atomic E-state index is 0.430. The molecule has 0 aliphatic rings. The summed E-state index contributed by atoms with van der Waals surface area (Å²) in [6, 6.07) is 8.15. The van der Waals surface area contributed by atoms with Crippen LogP contribution in [0.3, 0.4) is 0 Å². The maximum absolute atomic E-state index is 5.93. The number of nitrogens with two attached hydrogens (primary N) is 1. The molecule has 0 aliphatic heterocycles. The van der Waals surface area contributed by atoms with E-state index < -0.39 is 0 Å². The molecule has 19 heavy (non-hydrogen) atoms. The van der Waals surface area contributed by atoms with Crippen molar-refractivity contribution < 1.29 is 4.74 Å². The highest BCUT2D eigenvalue weighted by Gasteiger charge is 2.10. The van der Waals surface area contributed by atoms with Crippen LogP contribution < -0.4 is 10.5 Å². The zero-order valence-corrected chi connectivity index (χ0v) is 11.9. The second-order valence-corrected chi connectivity index (χ2v) is 4.99. The maximum Gasteiger partial charge on any atom is 0.224 e. The Morgan fingerprint density at radius 1 is 1.00 bits per heavy atom. The zero-order chi connectivity index (χ0) is 14.0. The number of rotatable bonds is 3. The first-order valence-electron chi connectivity index (χ1n) is 6.43. The van der Waals surface area contributed by atoms with Crippen molar-refractivity contribution in [2.24, 2.45) is 5.73 Å². The fourth-order valence-corrected chi connectivity index (χ4v) is 2.27. The molecule has 1 heterocycles. The van der Waals surface area contributed by atoms with Crippen molar-refractivity contribution in [3.05, 3.63) is 52.2 Å². The third kappa shape index (κ3) is 3.12. The van der Waals surface area contributed by atoms with Crippen molar-refractivity contribution in [1.29, 1.82) is 0 Å². The first kappa shape index (κ1) is 13.6. The molecule has 2 rings (SSSR count). The van der Waals surface area contributed by atoms with E-state index in [1.807, 2.05) is 32.0 Å². The highest BCUT2D eigenvalue weighted by Crippen LogP contribution is 2.27. The summed E-state index contributed by atoms with van der Waals surface area (Å²) in [6.07, 6.45) is 0. The van der Waals surface area contributed by atoms with Crippen molar-refractivity contribution in [1.82, 2.24) is 4.98 Å². The Morgan fingerprint density at radius 3 is 2.21 bits per heavy atom. The average Bonchev–Trinajstić information content (AvgIpc) is 2.26. The lowest BCUT2D eigenvalue weighted by molar-refractivity contribution is 0.453. The van der Waals surface area contributed by atoms with Gasteiger partial charge in [0.05, 0.1) is 0 Å². The third-order valence-electron chi connectivity index (χ3n) is 3.05. The molecule has 1 aromatic heterocycles. The van der Waals surface area contributed by atoms with Gasteiger partial charge >= 0.3 is 0 Å². The van der Waals surface area contributed by atoms with Crippen LogP contribution >= 0.6 is 0 Å². The number of nitrogens with zero attached hydrogens (tertiary/aromatic N) is 1. The lowest BCUT2D eigenvalue weighted by Crippen LogP contribution is -2.05. The minimum absolute atomic E-state index is 0.430. The molecule has 1 aromatic carbocycles. The summed E-state index contributed by atoms with van der Waals surface area (Å²) in [7, 11) is 0. The molecule has 0 spiro atoms. The van der Waals surface area contributed by atoms with Gasteiger partial charge < -0.3 is 10.5 Å². The quantitative estimate of drug-likeness (QED) is 0.913. The molecule has 0 aliphatic carbocycles. The molecule has 0 radical (unpaired) electrons. The Bertz CT molecular complexity index is 586. The molecule has 3 nitrogen and oxygen atoms in total. The number of hydrogen-bond donors (Lipinski definition) is 1. The molecule has 3 heteroatoms. The molecule has 0 unspecified atom stereocenters. The fraction of sp³-hybridized carbons (Fsp3) is 0.312. The van der Waals surface area contributed by atoms with E-state index in [1.165, 1.54) is 11.1 Å². The number of aryl methyl sites for hydroxylation is 4. The largest absolute Gasteiger partial charge is 0.439 e. The monoisotopic (exact) mass is 256 g/mol. The van der Waals surface area contributed by atoms with E-state index in [9.17, 15) is 0 Å². The summed E-state index contributed by atoms with van der Waals surface area (Å²) in [5, 5.41) is 0. The topological polar surface area (TPSA) is 48.1 Å². The standard InChI is InChI=1S/C16H20N2O/c1-10-5-11(2)7-14(6-10)19-16-15(9-17)12(3)8-13(4)18-16/h5-8H,9,17H2,1-4H3. The fourth-order valence-electron chi connectivity index (χ4n) is 2.27. The van der Waals surface area contributed by atoms with E-state index in [0.29, 0.717) is 12.4 Å². The summed E-state index contributed by atoms with van der Waals surface area (Å²) >= 11 is 0. The number of ether oxygens (including phenoxy) is 1. The smallest absolute Gasteiger partial charge is 0.224 e. The van der Waals surface area contributed by atoms with E-state index in [4.69, 9.17) is 10.5 Å². The zero-order valence-electron chi connectivity index (χ0n) is 11.9. The van der Waals surface area contributed by atoms with E-state index in [1.54, 1.807) is 0 Å². The first-order chi connectivity index (χ1) is 8.99.